The number of nitro groups is 1. The molecule has 0 aromatic carbocycles. The van der Waals surface area contributed by atoms with Crippen molar-refractivity contribution in [2.75, 3.05) is 6.54 Å². The first-order valence-electron chi connectivity index (χ1n) is 5.08. The molecule has 6 nitrogen and oxygen atoms in total. The summed E-state index contributed by atoms with van der Waals surface area (Å²) in [5, 5.41) is 17.8. The van der Waals surface area contributed by atoms with E-state index in [1.54, 1.807) is 17.8 Å². The summed E-state index contributed by atoms with van der Waals surface area (Å²) >= 11 is 0. The SMILES string of the molecule is Cc1cn(CCNC2CC2)nc1[N+](=O)[O-]. The van der Waals surface area contributed by atoms with Crippen LogP contribution in [-0.2, 0) is 6.54 Å². The topological polar surface area (TPSA) is 73.0 Å². The Hall–Kier alpha value is -1.43. The maximum absolute atomic E-state index is 10.5. The summed E-state index contributed by atoms with van der Waals surface area (Å²) in [7, 11) is 0. The summed E-state index contributed by atoms with van der Waals surface area (Å²) in [5.74, 6) is -0.0404. The Labute approximate surface area is 87.4 Å². The number of hydrogen-bond donors (Lipinski definition) is 1. The largest absolute Gasteiger partial charge is 0.392 e. The van der Waals surface area contributed by atoms with Crippen molar-refractivity contribution in [1.29, 1.82) is 0 Å². The average Bonchev–Trinajstić information content (AvgIpc) is 2.90. The summed E-state index contributed by atoms with van der Waals surface area (Å²) in [6, 6.07) is 0.664. The Balaban J connectivity index is 1.89. The Kier molecular flexibility index (Phi) is 2.68. The van der Waals surface area contributed by atoms with Crippen LogP contribution in [-0.4, -0.2) is 27.3 Å². The molecule has 15 heavy (non-hydrogen) atoms. The molecule has 0 aliphatic heterocycles. The Morgan fingerprint density at radius 2 is 2.47 bits per heavy atom. The molecule has 82 valence electrons. The van der Waals surface area contributed by atoms with Gasteiger partial charge in [0.05, 0.1) is 23.4 Å². The smallest absolute Gasteiger partial charge is 0.358 e. The van der Waals surface area contributed by atoms with Gasteiger partial charge in [-0.15, -0.1) is 0 Å². The lowest BCUT2D eigenvalue weighted by atomic mass is 10.4. The van der Waals surface area contributed by atoms with Crippen LogP contribution < -0.4 is 5.32 Å². The standard InChI is InChI=1S/C9H14N4O2/c1-7-6-12(11-9(7)13(14)15)5-4-10-8-2-3-8/h6,8,10H,2-5H2,1H3. The van der Waals surface area contributed by atoms with E-state index in [1.165, 1.54) is 12.8 Å². The van der Waals surface area contributed by atoms with E-state index in [0.717, 1.165) is 6.54 Å². The van der Waals surface area contributed by atoms with Crippen molar-refractivity contribution in [3.8, 4) is 0 Å². The number of aryl methyl sites for hydroxylation is 1. The van der Waals surface area contributed by atoms with Gasteiger partial charge in [0.1, 0.15) is 0 Å². The van der Waals surface area contributed by atoms with E-state index in [4.69, 9.17) is 0 Å². The predicted molar refractivity (Wildman–Crippen MR) is 54.6 cm³/mol. The van der Waals surface area contributed by atoms with E-state index in [-0.39, 0.29) is 5.82 Å². The highest BCUT2D eigenvalue weighted by atomic mass is 16.6. The second-order valence-electron chi connectivity index (χ2n) is 3.88. The zero-order valence-corrected chi connectivity index (χ0v) is 8.64. The second-order valence-corrected chi connectivity index (χ2v) is 3.88. The molecule has 0 amide bonds. The summed E-state index contributed by atoms with van der Waals surface area (Å²) in [6.07, 6.45) is 4.21. The molecule has 0 bridgehead atoms. The summed E-state index contributed by atoms with van der Waals surface area (Å²) < 4.78 is 1.63. The van der Waals surface area contributed by atoms with Crippen molar-refractivity contribution >= 4 is 5.82 Å². The third-order valence-electron chi connectivity index (χ3n) is 2.44. The number of nitrogens with one attached hydrogen (secondary N) is 1. The van der Waals surface area contributed by atoms with E-state index in [2.05, 4.69) is 10.4 Å². The monoisotopic (exact) mass is 210 g/mol. The Bertz CT molecular complexity index is 370. The van der Waals surface area contributed by atoms with Crippen molar-refractivity contribution in [1.82, 2.24) is 15.1 Å². The van der Waals surface area contributed by atoms with Crippen LogP contribution in [0.4, 0.5) is 5.82 Å². The third kappa shape index (κ3) is 2.53. The molecule has 0 spiro atoms. The summed E-state index contributed by atoms with van der Waals surface area (Å²) in [6.45, 7) is 3.21. The van der Waals surface area contributed by atoms with Crippen LogP contribution in [0.2, 0.25) is 0 Å². The Morgan fingerprint density at radius 1 is 1.73 bits per heavy atom. The number of nitrogens with zero attached hydrogens (tertiary/aromatic N) is 3. The van der Waals surface area contributed by atoms with E-state index < -0.39 is 4.92 Å². The summed E-state index contributed by atoms with van der Waals surface area (Å²) in [5.41, 5.74) is 0.617. The first kappa shape index (κ1) is 10.1. The first-order valence-corrected chi connectivity index (χ1v) is 5.08. The maximum Gasteiger partial charge on any atom is 0.392 e. The predicted octanol–water partition coefficient (Wildman–Crippen LogP) is 0.852. The van der Waals surface area contributed by atoms with Crippen molar-refractivity contribution in [3.63, 3.8) is 0 Å². The molecule has 0 unspecified atom stereocenters. The molecule has 1 aromatic rings. The molecule has 1 fully saturated rings. The minimum absolute atomic E-state index is 0.0404. The van der Waals surface area contributed by atoms with Crippen LogP contribution in [0.3, 0.4) is 0 Å². The molecule has 1 aliphatic rings. The maximum atomic E-state index is 10.5. The fourth-order valence-corrected chi connectivity index (χ4v) is 1.48. The molecule has 0 saturated heterocycles. The van der Waals surface area contributed by atoms with Crippen molar-refractivity contribution < 1.29 is 4.92 Å². The molecular formula is C9H14N4O2. The zero-order chi connectivity index (χ0) is 10.8. The molecule has 0 atom stereocenters. The molecule has 6 heteroatoms. The van der Waals surface area contributed by atoms with Crippen LogP contribution in [0.25, 0.3) is 0 Å². The van der Waals surface area contributed by atoms with E-state index in [9.17, 15) is 10.1 Å². The minimum atomic E-state index is -0.444. The molecule has 1 N–H and O–H groups in total. The van der Waals surface area contributed by atoms with E-state index in [0.29, 0.717) is 18.2 Å². The molecule has 1 heterocycles. The van der Waals surface area contributed by atoms with Gasteiger partial charge in [-0.1, -0.05) is 0 Å². The molecule has 2 rings (SSSR count). The van der Waals surface area contributed by atoms with Crippen molar-refractivity contribution in [2.45, 2.75) is 32.4 Å². The van der Waals surface area contributed by atoms with E-state index >= 15 is 0 Å². The fraction of sp³-hybridized carbons (Fsp3) is 0.667. The number of aromatic nitrogens is 2. The Morgan fingerprint density at radius 3 is 3.00 bits per heavy atom. The third-order valence-corrected chi connectivity index (χ3v) is 2.44. The molecule has 1 aromatic heterocycles. The normalized spacial score (nSPS) is 15.5. The van der Waals surface area contributed by atoms with Crippen LogP contribution in [0.1, 0.15) is 18.4 Å². The van der Waals surface area contributed by atoms with Gasteiger partial charge in [0, 0.05) is 12.6 Å². The van der Waals surface area contributed by atoms with Gasteiger partial charge in [-0.3, -0.25) is 0 Å². The average molecular weight is 210 g/mol. The van der Waals surface area contributed by atoms with Gasteiger partial charge in [0.25, 0.3) is 0 Å². The minimum Gasteiger partial charge on any atom is -0.358 e. The van der Waals surface area contributed by atoms with Crippen molar-refractivity contribution in [3.05, 3.63) is 21.9 Å². The molecular weight excluding hydrogens is 196 g/mol. The van der Waals surface area contributed by atoms with Gasteiger partial charge >= 0.3 is 5.82 Å². The van der Waals surface area contributed by atoms with Crippen LogP contribution in [0.15, 0.2) is 6.20 Å². The molecule has 1 aliphatic carbocycles. The second kappa shape index (κ2) is 3.98. The van der Waals surface area contributed by atoms with Crippen molar-refractivity contribution in [2.24, 2.45) is 0 Å². The fourth-order valence-electron chi connectivity index (χ4n) is 1.48. The molecule has 1 saturated carbocycles. The molecule has 0 radical (unpaired) electrons. The van der Waals surface area contributed by atoms with Crippen LogP contribution in [0.5, 0.6) is 0 Å². The number of hydrogen-bond acceptors (Lipinski definition) is 4. The lowest BCUT2D eigenvalue weighted by molar-refractivity contribution is -0.390. The van der Waals surface area contributed by atoms with Gasteiger partial charge in [-0.25, -0.2) is 0 Å². The van der Waals surface area contributed by atoms with Gasteiger partial charge < -0.3 is 15.4 Å². The highest BCUT2D eigenvalue weighted by molar-refractivity contribution is 5.27. The van der Waals surface area contributed by atoms with Crippen LogP contribution in [0, 0.1) is 17.0 Å². The lowest BCUT2D eigenvalue weighted by Crippen LogP contribution is -2.22. The summed E-state index contributed by atoms with van der Waals surface area (Å²) in [4.78, 5) is 10.1. The lowest BCUT2D eigenvalue weighted by Gasteiger charge is -1.98. The van der Waals surface area contributed by atoms with Crippen LogP contribution >= 0.6 is 0 Å². The van der Waals surface area contributed by atoms with Gasteiger partial charge in [-0.05, 0) is 24.7 Å². The number of rotatable bonds is 5. The quantitative estimate of drug-likeness (QED) is 0.577. The van der Waals surface area contributed by atoms with Gasteiger partial charge in [-0.2, -0.15) is 4.68 Å². The highest BCUT2D eigenvalue weighted by Gasteiger charge is 2.21. The van der Waals surface area contributed by atoms with Gasteiger partial charge in [0.15, 0.2) is 0 Å². The zero-order valence-electron chi connectivity index (χ0n) is 8.64. The van der Waals surface area contributed by atoms with Gasteiger partial charge in [0.2, 0.25) is 0 Å². The first-order chi connectivity index (χ1) is 7.16. The highest BCUT2D eigenvalue weighted by Crippen LogP contribution is 2.18. The van der Waals surface area contributed by atoms with E-state index in [1.807, 2.05) is 0 Å².